The second-order valence-corrected chi connectivity index (χ2v) is 7.55. The van der Waals surface area contributed by atoms with E-state index < -0.39 is 11.6 Å². The summed E-state index contributed by atoms with van der Waals surface area (Å²) in [5, 5.41) is 0.579. The third-order valence-electron chi connectivity index (χ3n) is 5.47. The molecule has 0 radical (unpaired) electrons. The van der Waals surface area contributed by atoms with E-state index >= 15 is 0 Å². The zero-order valence-electron chi connectivity index (χ0n) is 17.9. The number of allylic oxidation sites excluding steroid dienone is 1. The summed E-state index contributed by atoms with van der Waals surface area (Å²) in [6.45, 7) is 0. The number of methoxy groups -OCH3 is 1. The van der Waals surface area contributed by atoms with Crippen molar-refractivity contribution in [2.24, 2.45) is 0 Å². The molecule has 0 bridgehead atoms. The van der Waals surface area contributed by atoms with Crippen LogP contribution >= 0.6 is 0 Å². The van der Waals surface area contributed by atoms with Crippen LogP contribution in [0.1, 0.15) is 36.6 Å². The van der Waals surface area contributed by atoms with E-state index in [0.717, 1.165) is 0 Å². The van der Waals surface area contributed by atoms with Gasteiger partial charge in [-0.1, -0.05) is 48.5 Å². The Morgan fingerprint density at radius 1 is 0.824 bits per heavy atom. The molecular weight excluding hydrogens is 436 g/mol. The van der Waals surface area contributed by atoms with Crippen LogP contribution in [0, 0.1) is 0 Å². The van der Waals surface area contributed by atoms with Crippen LogP contribution in [0.4, 0.5) is 0 Å². The SMILES string of the molecule is COc1cc(C=C2C(=O)c3ccccc3C2=O)ccc1OC(=O)c1cc2ccccc2oc1=O. The quantitative estimate of drug-likeness (QED) is 0.148. The first-order chi connectivity index (χ1) is 16.5. The number of Topliss-reactive ketones (excluding diaryl/α,β-unsaturated/α-hetero) is 2. The molecule has 0 aliphatic heterocycles. The summed E-state index contributed by atoms with van der Waals surface area (Å²) < 4.78 is 15.9. The van der Waals surface area contributed by atoms with E-state index in [1.165, 1.54) is 31.4 Å². The van der Waals surface area contributed by atoms with E-state index in [-0.39, 0.29) is 34.2 Å². The number of fused-ring (bicyclic) bond motifs is 2. The highest BCUT2D eigenvalue weighted by atomic mass is 16.6. The molecule has 3 aromatic carbocycles. The fourth-order valence-electron chi connectivity index (χ4n) is 3.79. The Morgan fingerprint density at radius 2 is 1.50 bits per heavy atom. The average molecular weight is 452 g/mol. The molecule has 1 aliphatic rings. The number of rotatable bonds is 4. The van der Waals surface area contributed by atoms with Gasteiger partial charge in [-0.3, -0.25) is 9.59 Å². The van der Waals surface area contributed by atoms with Crippen LogP contribution in [-0.4, -0.2) is 24.6 Å². The molecule has 1 aliphatic carbocycles. The summed E-state index contributed by atoms with van der Waals surface area (Å²) in [7, 11) is 1.38. The van der Waals surface area contributed by atoms with Crippen molar-refractivity contribution in [1.29, 1.82) is 0 Å². The van der Waals surface area contributed by atoms with Crippen molar-refractivity contribution in [3.63, 3.8) is 0 Å². The van der Waals surface area contributed by atoms with Crippen molar-refractivity contribution in [3.8, 4) is 11.5 Å². The Kier molecular flexibility index (Phi) is 5.14. The Morgan fingerprint density at radius 3 is 2.21 bits per heavy atom. The predicted molar refractivity (Wildman–Crippen MR) is 124 cm³/mol. The minimum Gasteiger partial charge on any atom is -0.493 e. The molecule has 166 valence electrons. The molecule has 1 heterocycles. The van der Waals surface area contributed by atoms with Crippen LogP contribution in [0.3, 0.4) is 0 Å². The lowest BCUT2D eigenvalue weighted by Crippen LogP contribution is -2.19. The Hall–Kier alpha value is -4.78. The monoisotopic (exact) mass is 452 g/mol. The predicted octanol–water partition coefficient (Wildman–Crippen LogP) is 4.48. The minimum atomic E-state index is -0.902. The van der Waals surface area contributed by atoms with Gasteiger partial charge in [0.2, 0.25) is 0 Å². The average Bonchev–Trinajstić information content (AvgIpc) is 3.09. The molecular formula is C27H16O7. The van der Waals surface area contributed by atoms with Crippen LogP contribution in [0.15, 0.2) is 87.6 Å². The summed E-state index contributed by atoms with van der Waals surface area (Å²) in [4.78, 5) is 50.2. The first-order valence-corrected chi connectivity index (χ1v) is 10.3. The van der Waals surface area contributed by atoms with Crippen LogP contribution in [-0.2, 0) is 0 Å². The van der Waals surface area contributed by atoms with Gasteiger partial charge in [-0.25, -0.2) is 9.59 Å². The van der Waals surface area contributed by atoms with Gasteiger partial charge in [0.05, 0.1) is 12.7 Å². The second-order valence-electron chi connectivity index (χ2n) is 7.55. The molecule has 0 saturated carbocycles. The van der Waals surface area contributed by atoms with Gasteiger partial charge >= 0.3 is 11.6 Å². The Bertz CT molecular complexity index is 1550. The number of benzene rings is 3. The molecule has 0 unspecified atom stereocenters. The fourth-order valence-corrected chi connectivity index (χ4v) is 3.79. The number of hydrogen-bond donors (Lipinski definition) is 0. The van der Waals surface area contributed by atoms with Crippen molar-refractivity contribution < 1.29 is 28.3 Å². The molecule has 0 spiro atoms. The molecule has 1 aromatic heterocycles. The van der Waals surface area contributed by atoms with Gasteiger partial charge in [-0.15, -0.1) is 0 Å². The lowest BCUT2D eigenvalue weighted by molar-refractivity contribution is 0.0725. The van der Waals surface area contributed by atoms with E-state index in [4.69, 9.17) is 13.9 Å². The number of carbonyl (C=O) groups is 3. The lowest BCUT2D eigenvalue weighted by atomic mass is 10.1. The first-order valence-electron chi connectivity index (χ1n) is 10.3. The lowest BCUT2D eigenvalue weighted by Gasteiger charge is -2.10. The molecule has 0 atom stereocenters. The number of hydrogen-bond acceptors (Lipinski definition) is 7. The summed E-state index contributed by atoms with van der Waals surface area (Å²) in [5.41, 5.74) is 0.565. The molecule has 7 heteroatoms. The van der Waals surface area contributed by atoms with Gasteiger partial charge in [0, 0.05) is 16.5 Å². The van der Waals surface area contributed by atoms with Crippen LogP contribution in [0.2, 0.25) is 0 Å². The smallest absolute Gasteiger partial charge is 0.351 e. The van der Waals surface area contributed by atoms with Gasteiger partial charge in [-0.2, -0.15) is 0 Å². The van der Waals surface area contributed by atoms with Crippen molar-refractivity contribution in [1.82, 2.24) is 0 Å². The normalized spacial score (nSPS) is 12.6. The maximum atomic E-state index is 12.7. The van der Waals surface area contributed by atoms with Crippen molar-refractivity contribution in [3.05, 3.63) is 111 Å². The Labute approximate surface area is 192 Å². The third-order valence-corrected chi connectivity index (χ3v) is 5.47. The highest BCUT2D eigenvalue weighted by Gasteiger charge is 2.32. The highest BCUT2D eigenvalue weighted by Crippen LogP contribution is 2.32. The molecule has 4 aromatic rings. The molecule has 0 saturated heterocycles. The van der Waals surface area contributed by atoms with Crippen molar-refractivity contribution in [2.45, 2.75) is 0 Å². The van der Waals surface area contributed by atoms with Crippen LogP contribution in [0.25, 0.3) is 17.0 Å². The number of carbonyl (C=O) groups excluding carboxylic acids is 3. The number of esters is 1. The standard InChI is InChI=1S/C27H16O7/c1-32-23-13-15(12-19-24(28)17-7-3-4-8-18(17)25(19)29)10-11-22(23)34-27(31)20-14-16-6-2-5-9-21(16)33-26(20)30/h2-14H,1H3. The van der Waals surface area contributed by atoms with Crippen LogP contribution < -0.4 is 15.1 Å². The largest absolute Gasteiger partial charge is 0.493 e. The first kappa shape index (κ1) is 21.1. The van der Waals surface area contributed by atoms with Crippen molar-refractivity contribution >= 4 is 34.6 Å². The number of ketones is 2. The van der Waals surface area contributed by atoms with Gasteiger partial charge in [-0.05, 0) is 35.9 Å². The van der Waals surface area contributed by atoms with E-state index in [2.05, 4.69) is 0 Å². The maximum Gasteiger partial charge on any atom is 0.351 e. The molecule has 0 N–H and O–H groups in total. The molecule has 7 nitrogen and oxygen atoms in total. The summed E-state index contributed by atoms with van der Waals surface area (Å²) in [5.74, 6) is -1.35. The number of para-hydroxylation sites is 1. The maximum absolute atomic E-state index is 12.7. The summed E-state index contributed by atoms with van der Waals surface area (Å²) >= 11 is 0. The zero-order chi connectivity index (χ0) is 23.8. The van der Waals surface area contributed by atoms with Crippen molar-refractivity contribution in [2.75, 3.05) is 7.11 Å². The van der Waals surface area contributed by atoms with Gasteiger partial charge in [0.25, 0.3) is 0 Å². The molecule has 34 heavy (non-hydrogen) atoms. The second kappa shape index (κ2) is 8.29. The molecule has 0 amide bonds. The molecule has 0 fully saturated rings. The number of ether oxygens (including phenoxy) is 2. The van der Waals surface area contributed by atoms with E-state index in [0.29, 0.717) is 27.7 Å². The summed E-state index contributed by atoms with van der Waals surface area (Å²) in [6, 6.07) is 19.4. The van der Waals surface area contributed by atoms with Gasteiger partial charge in [0.15, 0.2) is 23.1 Å². The topological polar surface area (TPSA) is 99.9 Å². The summed E-state index contributed by atoms with van der Waals surface area (Å²) in [6.07, 6.45) is 1.47. The van der Waals surface area contributed by atoms with E-state index in [1.54, 1.807) is 54.6 Å². The Balaban J connectivity index is 1.44. The fraction of sp³-hybridized carbons (Fsp3) is 0.0370. The highest BCUT2D eigenvalue weighted by molar-refractivity contribution is 6.41. The van der Waals surface area contributed by atoms with E-state index in [1.807, 2.05) is 0 Å². The van der Waals surface area contributed by atoms with Gasteiger partial charge in [0.1, 0.15) is 11.1 Å². The van der Waals surface area contributed by atoms with Gasteiger partial charge < -0.3 is 13.9 Å². The van der Waals surface area contributed by atoms with E-state index in [9.17, 15) is 19.2 Å². The zero-order valence-corrected chi connectivity index (χ0v) is 17.9. The molecule has 5 rings (SSSR count). The minimum absolute atomic E-state index is 0.0433. The van der Waals surface area contributed by atoms with Crippen LogP contribution in [0.5, 0.6) is 11.5 Å². The third kappa shape index (κ3) is 3.59.